The maximum atomic E-state index is 13.5. The number of benzene rings is 3. The second-order valence-electron chi connectivity index (χ2n) is 8.04. The lowest BCUT2D eigenvalue weighted by Crippen LogP contribution is -2.17. The molecule has 1 amide bonds. The lowest BCUT2D eigenvalue weighted by atomic mass is 10.1. The molecular weight excluding hydrogens is 513 g/mol. The predicted molar refractivity (Wildman–Crippen MR) is 141 cm³/mol. The third-order valence-corrected chi connectivity index (χ3v) is 6.88. The van der Waals surface area contributed by atoms with Gasteiger partial charge in [0.2, 0.25) is 0 Å². The van der Waals surface area contributed by atoms with Gasteiger partial charge < -0.3 is 9.67 Å². The molecule has 2 N–H and O–H groups in total. The van der Waals surface area contributed by atoms with Crippen LogP contribution in [0.15, 0.2) is 77.3 Å². The molecule has 37 heavy (non-hydrogen) atoms. The Bertz CT molecular complexity index is 1720. The maximum Gasteiger partial charge on any atom is 0.271 e. The average molecular weight is 530 g/mol. The van der Waals surface area contributed by atoms with E-state index in [9.17, 15) is 14.3 Å². The molecule has 10 heteroatoms. The van der Waals surface area contributed by atoms with Crippen LogP contribution in [0.5, 0.6) is 5.75 Å². The topological polar surface area (TPSA) is 103 Å². The van der Waals surface area contributed by atoms with Gasteiger partial charge in [-0.1, -0.05) is 23.7 Å². The van der Waals surface area contributed by atoms with E-state index in [0.717, 1.165) is 32.7 Å². The Kier molecular flexibility index (Phi) is 6.68. The zero-order valence-electron chi connectivity index (χ0n) is 19.0. The van der Waals surface area contributed by atoms with E-state index in [1.165, 1.54) is 35.6 Å². The first-order valence-electron chi connectivity index (χ1n) is 11.0. The van der Waals surface area contributed by atoms with Crippen LogP contribution in [0.3, 0.4) is 0 Å². The largest absolute Gasteiger partial charge is 0.507 e. The molecule has 0 aliphatic carbocycles. The van der Waals surface area contributed by atoms with E-state index in [0.29, 0.717) is 6.54 Å². The van der Waals surface area contributed by atoms with Gasteiger partial charge in [0, 0.05) is 39.2 Å². The molecule has 0 unspecified atom stereocenters. The summed E-state index contributed by atoms with van der Waals surface area (Å²) in [5.74, 6) is -1.15. The number of amides is 1. The van der Waals surface area contributed by atoms with Crippen molar-refractivity contribution in [2.75, 3.05) is 0 Å². The Hall–Kier alpha value is -4.52. The Morgan fingerprint density at radius 1 is 1.24 bits per heavy atom. The van der Waals surface area contributed by atoms with Gasteiger partial charge in [0.25, 0.3) is 5.91 Å². The first kappa shape index (κ1) is 24.2. The van der Waals surface area contributed by atoms with E-state index < -0.39 is 11.7 Å². The highest BCUT2D eigenvalue weighted by molar-refractivity contribution is 7.13. The van der Waals surface area contributed by atoms with Crippen molar-refractivity contribution in [3.63, 3.8) is 0 Å². The quantitative estimate of drug-likeness (QED) is 0.209. The molecule has 7 nitrogen and oxygen atoms in total. The number of hydrogen-bond donors (Lipinski definition) is 2. The SMILES string of the molecule is N#Cc1cc(C(=O)N/N=C/c2cccc3c2ccn3Cc2csc(-c3ccc(F)c(Cl)c3)n2)ccc1O. The van der Waals surface area contributed by atoms with Crippen LogP contribution >= 0.6 is 22.9 Å². The van der Waals surface area contributed by atoms with Gasteiger partial charge in [0.1, 0.15) is 22.6 Å². The molecule has 0 radical (unpaired) electrons. The van der Waals surface area contributed by atoms with Crippen molar-refractivity contribution >= 4 is 46.0 Å². The van der Waals surface area contributed by atoms with Crippen LogP contribution in [0.2, 0.25) is 5.02 Å². The number of halogens is 2. The molecule has 0 saturated heterocycles. The summed E-state index contributed by atoms with van der Waals surface area (Å²) in [5, 5.41) is 26.4. The standard InChI is InChI=1S/C27H17ClFN5O2S/c28-22-11-17(4-6-23(22)29)27-32-20(15-37-27)14-34-9-8-21-18(2-1-3-24(21)34)13-31-33-26(36)16-5-7-25(35)19(10-16)12-30/h1-11,13,15,35H,14H2,(H,33,36)/b31-13+. The van der Waals surface area contributed by atoms with Gasteiger partial charge >= 0.3 is 0 Å². The van der Waals surface area contributed by atoms with Gasteiger partial charge in [-0.25, -0.2) is 14.8 Å². The highest BCUT2D eigenvalue weighted by Gasteiger charge is 2.11. The summed E-state index contributed by atoms with van der Waals surface area (Å²) in [7, 11) is 0. The van der Waals surface area contributed by atoms with Crippen molar-refractivity contribution in [3.8, 4) is 22.4 Å². The number of rotatable bonds is 6. The van der Waals surface area contributed by atoms with Gasteiger partial charge in [0.15, 0.2) is 0 Å². The predicted octanol–water partition coefficient (Wildman–Crippen LogP) is 5.95. The molecule has 5 rings (SSSR count). The fraction of sp³-hybridized carbons (Fsp3) is 0.0370. The summed E-state index contributed by atoms with van der Waals surface area (Å²) < 4.78 is 15.5. The second kappa shape index (κ2) is 10.2. The van der Waals surface area contributed by atoms with Crippen LogP contribution in [0, 0.1) is 17.1 Å². The fourth-order valence-electron chi connectivity index (χ4n) is 3.81. The summed E-state index contributed by atoms with van der Waals surface area (Å²) in [5.41, 5.74) is 6.05. The number of hydrazone groups is 1. The maximum absolute atomic E-state index is 13.5. The summed E-state index contributed by atoms with van der Waals surface area (Å²) in [6.45, 7) is 0.536. The molecule has 0 saturated carbocycles. The Balaban J connectivity index is 1.32. The van der Waals surface area contributed by atoms with Gasteiger partial charge in [0.05, 0.1) is 29.0 Å². The smallest absolute Gasteiger partial charge is 0.271 e. The summed E-state index contributed by atoms with van der Waals surface area (Å²) in [6.07, 6.45) is 3.50. The van der Waals surface area contributed by atoms with E-state index in [4.69, 9.17) is 16.9 Å². The third-order valence-electron chi connectivity index (χ3n) is 5.65. The number of phenols is 1. The van der Waals surface area contributed by atoms with E-state index >= 15 is 0 Å². The van der Waals surface area contributed by atoms with Crippen LogP contribution in [0.25, 0.3) is 21.5 Å². The van der Waals surface area contributed by atoms with Crippen molar-refractivity contribution in [1.29, 1.82) is 5.26 Å². The molecule has 0 aliphatic heterocycles. The molecule has 0 fully saturated rings. The van der Waals surface area contributed by atoms with Crippen molar-refractivity contribution in [1.82, 2.24) is 15.0 Å². The zero-order chi connectivity index (χ0) is 25.9. The van der Waals surface area contributed by atoms with E-state index in [1.807, 2.05) is 41.9 Å². The van der Waals surface area contributed by atoms with Crippen molar-refractivity contribution in [2.24, 2.45) is 5.10 Å². The number of aromatic hydroxyl groups is 1. The summed E-state index contributed by atoms with van der Waals surface area (Å²) >= 11 is 7.38. The van der Waals surface area contributed by atoms with Crippen molar-refractivity contribution < 1.29 is 14.3 Å². The highest BCUT2D eigenvalue weighted by Crippen LogP contribution is 2.28. The number of carbonyl (C=O) groups is 1. The molecule has 182 valence electrons. The van der Waals surface area contributed by atoms with E-state index in [1.54, 1.807) is 18.3 Å². The number of nitrogens with one attached hydrogen (secondary N) is 1. The number of nitriles is 1. The normalized spacial score (nSPS) is 11.2. The van der Waals surface area contributed by atoms with Crippen molar-refractivity contribution in [2.45, 2.75) is 6.54 Å². The van der Waals surface area contributed by atoms with Crippen LogP contribution in [-0.4, -0.2) is 26.8 Å². The number of nitrogens with zero attached hydrogens (tertiary/aromatic N) is 4. The average Bonchev–Trinajstić information content (AvgIpc) is 3.54. The first-order chi connectivity index (χ1) is 17.9. The summed E-state index contributed by atoms with van der Waals surface area (Å²) in [4.78, 5) is 17.1. The van der Waals surface area contributed by atoms with Crippen molar-refractivity contribution in [3.05, 3.63) is 105 Å². The van der Waals surface area contributed by atoms with Crippen LogP contribution < -0.4 is 5.43 Å². The Labute approximate surface area is 219 Å². The van der Waals surface area contributed by atoms with E-state index in [-0.39, 0.29) is 21.9 Å². The molecule has 0 aliphatic rings. The molecule has 0 atom stereocenters. The number of phenolic OH excluding ortho intramolecular Hbond substituents is 1. The van der Waals surface area contributed by atoms with Gasteiger partial charge in [-0.15, -0.1) is 11.3 Å². The lowest BCUT2D eigenvalue weighted by molar-refractivity contribution is 0.0955. The molecule has 5 aromatic rings. The third kappa shape index (κ3) is 5.07. The monoisotopic (exact) mass is 529 g/mol. The molecule has 3 aromatic carbocycles. The fourth-order valence-corrected chi connectivity index (χ4v) is 4.79. The number of fused-ring (bicyclic) bond motifs is 1. The highest BCUT2D eigenvalue weighted by atomic mass is 35.5. The van der Waals surface area contributed by atoms with Gasteiger partial charge in [-0.3, -0.25) is 4.79 Å². The van der Waals surface area contributed by atoms with Gasteiger partial charge in [-0.2, -0.15) is 10.4 Å². The molecule has 0 bridgehead atoms. The van der Waals surface area contributed by atoms with Gasteiger partial charge in [-0.05, 0) is 48.5 Å². The minimum absolute atomic E-state index is 0.0106. The lowest BCUT2D eigenvalue weighted by Gasteiger charge is -2.05. The first-order valence-corrected chi connectivity index (χ1v) is 12.2. The zero-order valence-corrected chi connectivity index (χ0v) is 20.6. The molecular formula is C27H17ClFN5O2S. The van der Waals surface area contributed by atoms with Crippen LogP contribution in [0.1, 0.15) is 27.2 Å². The molecule has 2 aromatic heterocycles. The number of aromatic nitrogens is 2. The minimum Gasteiger partial charge on any atom is -0.507 e. The molecule has 2 heterocycles. The minimum atomic E-state index is -0.501. The van der Waals surface area contributed by atoms with E-state index in [2.05, 4.69) is 20.1 Å². The summed E-state index contributed by atoms with van der Waals surface area (Å²) in [6, 6.07) is 18.1. The Morgan fingerprint density at radius 3 is 2.92 bits per heavy atom. The number of thiazole rings is 1. The van der Waals surface area contributed by atoms with Crippen LogP contribution in [-0.2, 0) is 6.54 Å². The Morgan fingerprint density at radius 2 is 2.11 bits per heavy atom. The number of carbonyl (C=O) groups excluding carboxylic acids is 1. The van der Waals surface area contributed by atoms with Crippen LogP contribution in [0.4, 0.5) is 4.39 Å². The second-order valence-corrected chi connectivity index (χ2v) is 9.30. The molecule has 0 spiro atoms. The number of hydrogen-bond acceptors (Lipinski definition) is 6.